The van der Waals surface area contributed by atoms with E-state index in [0.29, 0.717) is 29.6 Å². The number of H-pyrrole nitrogens is 1. The second kappa shape index (κ2) is 4.78. The quantitative estimate of drug-likeness (QED) is 0.893. The third kappa shape index (κ3) is 2.37. The highest BCUT2D eigenvalue weighted by Crippen LogP contribution is 2.25. The molecule has 0 saturated carbocycles. The van der Waals surface area contributed by atoms with Crippen molar-refractivity contribution in [2.45, 2.75) is 38.0 Å². The molecule has 1 N–H and O–H groups in total. The molecule has 17 heavy (non-hydrogen) atoms. The molecule has 0 amide bonds. The average molecular weight is 257 g/mol. The number of piperidine rings is 1. The van der Waals surface area contributed by atoms with Crippen LogP contribution in [0.15, 0.2) is 11.1 Å². The zero-order chi connectivity index (χ0) is 12.5. The molecule has 1 fully saturated rings. The van der Waals surface area contributed by atoms with Crippen LogP contribution in [0.25, 0.3) is 0 Å². The lowest BCUT2D eigenvalue weighted by atomic mass is 9.97. The molecule has 1 aliphatic rings. The van der Waals surface area contributed by atoms with Crippen molar-refractivity contribution in [2.24, 2.45) is 5.92 Å². The summed E-state index contributed by atoms with van der Waals surface area (Å²) < 4.78 is 26.4. The monoisotopic (exact) mass is 257 g/mol. The molecule has 1 unspecified atom stereocenters. The van der Waals surface area contributed by atoms with Crippen molar-refractivity contribution in [1.82, 2.24) is 14.5 Å². The smallest absolute Gasteiger partial charge is 0.246 e. The fourth-order valence-corrected chi connectivity index (χ4v) is 3.99. The van der Waals surface area contributed by atoms with Gasteiger partial charge in [-0.1, -0.05) is 13.3 Å². The molecule has 1 aliphatic heterocycles. The summed E-state index contributed by atoms with van der Waals surface area (Å²) in [6.07, 6.45) is 4.53. The molecule has 1 aromatic heterocycles. The Morgan fingerprint density at radius 1 is 1.59 bits per heavy atom. The molecule has 1 atom stereocenters. The van der Waals surface area contributed by atoms with Gasteiger partial charge < -0.3 is 0 Å². The number of rotatable bonds is 3. The van der Waals surface area contributed by atoms with Gasteiger partial charge in [0.25, 0.3) is 0 Å². The first-order chi connectivity index (χ1) is 8.05. The second-order valence-electron chi connectivity index (χ2n) is 4.64. The maximum absolute atomic E-state index is 12.4. The topological polar surface area (TPSA) is 66.1 Å². The van der Waals surface area contributed by atoms with E-state index in [9.17, 15) is 8.42 Å². The van der Waals surface area contributed by atoms with Gasteiger partial charge in [-0.3, -0.25) is 5.10 Å². The van der Waals surface area contributed by atoms with E-state index >= 15 is 0 Å². The first-order valence-electron chi connectivity index (χ1n) is 6.05. The predicted octanol–water partition coefficient (Wildman–Crippen LogP) is 1.53. The van der Waals surface area contributed by atoms with E-state index in [1.807, 2.05) is 0 Å². The minimum atomic E-state index is -3.35. The molecule has 0 spiro atoms. The van der Waals surface area contributed by atoms with E-state index in [4.69, 9.17) is 0 Å². The highest BCUT2D eigenvalue weighted by molar-refractivity contribution is 7.89. The Morgan fingerprint density at radius 3 is 2.94 bits per heavy atom. The van der Waals surface area contributed by atoms with Crippen molar-refractivity contribution in [3.8, 4) is 0 Å². The Hall–Kier alpha value is -0.880. The van der Waals surface area contributed by atoms with Crippen LogP contribution >= 0.6 is 0 Å². The summed E-state index contributed by atoms with van der Waals surface area (Å²) in [6, 6.07) is 0. The SMILES string of the molecule is CCC1CCCN(S(=O)(=O)c2cn[nH]c2C)C1. The number of hydrogen-bond donors (Lipinski definition) is 1. The summed E-state index contributed by atoms with van der Waals surface area (Å²) in [4.78, 5) is 0.314. The highest BCUT2D eigenvalue weighted by Gasteiger charge is 2.31. The first kappa shape index (κ1) is 12.6. The normalized spacial score (nSPS) is 22.8. The Morgan fingerprint density at radius 2 is 2.35 bits per heavy atom. The summed E-state index contributed by atoms with van der Waals surface area (Å²) >= 11 is 0. The number of aryl methyl sites for hydroxylation is 1. The molecular weight excluding hydrogens is 238 g/mol. The molecule has 96 valence electrons. The van der Waals surface area contributed by atoms with Crippen molar-refractivity contribution < 1.29 is 8.42 Å². The standard InChI is InChI=1S/C11H19N3O2S/c1-3-10-5-4-6-14(8-10)17(15,16)11-7-12-13-9(11)2/h7,10H,3-6,8H2,1-2H3,(H,12,13). The van der Waals surface area contributed by atoms with Crippen LogP contribution in [0.4, 0.5) is 0 Å². The van der Waals surface area contributed by atoms with Gasteiger partial charge in [0.2, 0.25) is 10.0 Å². The lowest BCUT2D eigenvalue weighted by molar-refractivity contribution is 0.261. The molecule has 5 nitrogen and oxygen atoms in total. The number of nitrogens with one attached hydrogen (secondary N) is 1. The van der Waals surface area contributed by atoms with Gasteiger partial charge in [-0.05, 0) is 25.7 Å². The number of hydrogen-bond acceptors (Lipinski definition) is 3. The molecule has 0 radical (unpaired) electrons. The predicted molar refractivity (Wildman–Crippen MR) is 65.1 cm³/mol. The Bertz CT molecular complexity index is 481. The van der Waals surface area contributed by atoms with Crippen LogP contribution in [-0.4, -0.2) is 36.0 Å². The maximum atomic E-state index is 12.4. The number of nitrogens with zero attached hydrogens (tertiary/aromatic N) is 2. The van der Waals surface area contributed by atoms with Crippen molar-refractivity contribution >= 4 is 10.0 Å². The molecule has 6 heteroatoms. The summed E-state index contributed by atoms with van der Waals surface area (Å²) in [7, 11) is -3.35. The average Bonchev–Trinajstić information content (AvgIpc) is 2.76. The van der Waals surface area contributed by atoms with Crippen molar-refractivity contribution in [1.29, 1.82) is 0 Å². The van der Waals surface area contributed by atoms with Gasteiger partial charge in [-0.15, -0.1) is 0 Å². The van der Waals surface area contributed by atoms with E-state index in [-0.39, 0.29) is 0 Å². The van der Waals surface area contributed by atoms with Crippen molar-refractivity contribution in [3.05, 3.63) is 11.9 Å². The van der Waals surface area contributed by atoms with Crippen LogP contribution in [0.2, 0.25) is 0 Å². The van der Waals surface area contributed by atoms with Gasteiger partial charge in [-0.25, -0.2) is 8.42 Å². The van der Waals surface area contributed by atoms with Crippen LogP contribution in [0, 0.1) is 12.8 Å². The first-order valence-corrected chi connectivity index (χ1v) is 7.49. The van der Waals surface area contributed by atoms with E-state index in [0.717, 1.165) is 19.3 Å². The summed E-state index contributed by atoms with van der Waals surface area (Å²) in [6.45, 7) is 5.12. The van der Waals surface area contributed by atoms with Crippen molar-refractivity contribution in [3.63, 3.8) is 0 Å². The largest absolute Gasteiger partial charge is 0.281 e. The van der Waals surface area contributed by atoms with E-state index in [1.54, 1.807) is 11.2 Å². The van der Waals surface area contributed by atoms with E-state index < -0.39 is 10.0 Å². The molecule has 2 heterocycles. The van der Waals surface area contributed by atoms with Gasteiger partial charge in [0.1, 0.15) is 4.90 Å². The van der Waals surface area contributed by atoms with Gasteiger partial charge in [0.05, 0.1) is 11.9 Å². The molecule has 2 rings (SSSR count). The molecular formula is C11H19N3O2S. The summed E-state index contributed by atoms with van der Waals surface area (Å²) in [5.74, 6) is 0.491. The Balaban J connectivity index is 2.24. The van der Waals surface area contributed by atoms with Gasteiger partial charge >= 0.3 is 0 Å². The zero-order valence-electron chi connectivity index (χ0n) is 10.3. The molecule has 0 bridgehead atoms. The summed E-state index contributed by atoms with van der Waals surface area (Å²) in [5.41, 5.74) is 0.614. The number of sulfonamides is 1. The van der Waals surface area contributed by atoms with Crippen LogP contribution < -0.4 is 0 Å². The fraction of sp³-hybridized carbons (Fsp3) is 0.727. The lowest BCUT2D eigenvalue weighted by Gasteiger charge is -2.31. The van der Waals surface area contributed by atoms with Gasteiger partial charge in [-0.2, -0.15) is 9.40 Å². The molecule has 0 aromatic carbocycles. The number of aromatic nitrogens is 2. The highest BCUT2D eigenvalue weighted by atomic mass is 32.2. The van der Waals surface area contributed by atoms with Crippen LogP contribution in [-0.2, 0) is 10.0 Å². The van der Waals surface area contributed by atoms with Gasteiger partial charge in [0, 0.05) is 13.1 Å². The zero-order valence-corrected chi connectivity index (χ0v) is 11.1. The van der Waals surface area contributed by atoms with Gasteiger partial charge in [0.15, 0.2) is 0 Å². The minimum Gasteiger partial charge on any atom is -0.281 e. The third-order valence-corrected chi connectivity index (χ3v) is 5.44. The van der Waals surface area contributed by atoms with Crippen molar-refractivity contribution in [2.75, 3.05) is 13.1 Å². The molecule has 0 aliphatic carbocycles. The fourth-order valence-electron chi connectivity index (χ4n) is 2.32. The summed E-state index contributed by atoms with van der Waals surface area (Å²) in [5, 5.41) is 6.47. The van der Waals surface area contributed by atoms with E-state index in [2.05, 4.69) is 17.1 Å². The van der Waals surface area contributed by atoms with Crippen LogP contribution in [0.3, 0.4) is 0 Å². The second-order valence-corrected chi connectivity index (χ2v) is 6.55. The molecule has 1 aromatic rings. The Labute approximate surface area is 102 Å². The minimum absolute atomic E-state index is 0.314. The van der Waals surface area contributed by atoms with Crippen LogP contribution in [0.5, 0.6) is 0 Å². The number of aromatic amines is 1. The lowest BCUT2D eigenvalue weighted by Crippen LogP contribution is -2.39. The molecule has 1 saturated heterocycles. The third-order valence-electron chi connectivity index (χ3n) is 3.46. The van der Waals surface area contributed by atoms with E-state index in [1.165, 1.54) is 6.20 Å². The Kier molecular flexibility index (Phi) is 3.53. The maximum Gasteiger partial charge on any atom is 0.246 e. The van der Waals surface area contributed by atoms with Crippen LogP contribution in [0.1, 0.15) is 31.9 Å².